The topological polar surface area (TPSA) is 81.4 Å². The summed E-state index contributed by atoms with van der Waals surface area (Å²) < 4.78 is 4.58. The Morgan fingerprint density at radius 1 is 1.10 bits per heavy atom. The predicted octanol–water partition coefficient (Wildman–Crippen LogP) is 1.89. The number of methoxy groups -OCH3 is 1. The molecule has 5 heteroatoms. The monoisotopic (exact) mass is 284 g/mol. The van der Waals surface area contributed by atoms with Crippen LogP contribution in [0.1, 0.15) is 64.2 Å². The molecule has 116 valence electrons. The Morgan fingerprint density at radius 2 is 1.70 bits per heavy atom. The molecule has 0 bridgehead atoms. The van der Waals surface area contributed by atoms with Gasteiger partial charge in [-0.3, -0.25) is 9.59 Å². The van der Waals surface area contributed by atoms with Crippen LogP contribution in [0.4, 0.5) is 0 Å². The van der Waals surface area contributed by atoms with Crippen LogP contribution in [0.5, 0.6) is 0 Å². The summed E-state index contributed by atoms with van der Waals surface area (Å²) in [5.74, 6) is -0.122. The Balaban J connectivity index is 1.94. The van der Waals surface area contributed by atoms with Crippen LogP contribution in [0.25, 0.3) is 0 Å². The second-order valence-corrected chi connectivity index (χ2v) is 5.71. The standard InChI is InChI=1S/C15H28N2O3/c1-20-13(18)9-5-3-2-4-8-12-17-14(19)15(16)10-6-7-11-15/h2-12,16H2,1H3,(H,17,19). The van der Waals surface area contributed by atoms with Crippen LogP contribution < -0.4 is 11.1 Å². The number of carbonyl (C=O) groups excluding carboxylic acids is 2. The summed E-state index contributed by atoms with van der Waals surface area (Å²) in [6.07, 6.45) is 9.28. The van der Waals surface area contributed by atoms with Crippen molar-refractivity contribution < 1.29 is 14.3 Å². The van der Waals surface area contributed by atoms with Gasteiger partial charge >= 0.3 is 5.97 Å². The molecule has 1 aliphatic carbocycles. The molecule has 0 spiro atoms. The van der Waals surface area contributed by atoms with Gasteiger partial charge in [-0.15, -0.1) is 0 Å². The molecule has 0 aromatic carbocycles. The number of unbranched alkanes of at least 4 members (excludes halogenated alkanes) is 4. The van der Waals surface area contributed by atoms with Gasteiger partial charge in [0.05, 0.1) is 12.6 Å². The molecule has 1 saturated carbocycles. The van der Waals surface area contributed by atoms with E-state index in [0.717, 1.165) is 57.8 Å². The van der Waals surface area contributed by atoms with Crippen LogP contribution in [0, 0.1) is 0 Å². The van der Waals surface area contributed by atoms with Crippen molar-refractivity contribution in [2.75, 3.05) is 13.7 Å². The number of carbonyl (C=O) groups is 2. The van der Waals surface area contributed by atoms with E-state index in [1.807, 2.05) is 0 Å². The minimum Gasteiger partial charge on any atom is -0.469 e. The van der Waals surface area contributed by atoms with Crippen LogP contribution in [-0.4, -0.2) is 31.1 Å². The maximum absolute atomic E-state index is 11.9. The highest BCUT2D eigenvalue weighted by molar-refractivity contribution is 5.86. The largest absolute Gasteiger partial charge is 0.469 e. The number of amides is 1. The average Bonchev–Trinajstić information content (AvgIpc) is 2.89. The maximum atomic E-state index is 11.9. The summed E-state index contributed by atoms with van der Waals surface area (Å²) >= 11 is 0. The first kappa shape index (κ1) is 17.0. The van der Waals surface area contributed by atoms with Gasteiger partial charge in [0.25, 0.3) is 0 Å². The molecule has 20 heavy (non-hydrogen) atoms. The molecule has 1 fully saturated rings. The van der Waals surface area contributed by atoms with Crippen molar-refractivity contribution in [1.82, 2.24) is 5.32 Å². The summed E-state index contributed by atoms with van der Waals surface area (Å²) in [6, 6.07) is 0. The highest BCUT2D eigenvalue weighted by Gasteiger charge is 2.36. The quantitative estimate of drug-likeness (QED) is 0.500. The van der Waals surface area contributed by atoms with Gasteiger partial charge < -0.3 is 15.8 Å². The van der Waals surface area contributed by atoms with E-state index >= 15 is 0 Å². The third-order valence-electron chi connectivity index (χ3n) is 4.02. The van der Waals surface area contributed by atoms with Crippen LogP contribution in [0.2, 0.25) is 0 Å². The van der Waals surface area contributed by atoms with Gasteiger partial charge in [0.15, 0.2) is 0 Å². The van der Waals surface area contributed by atoms with E-state index in [-0.39, 0.29) is 11.9 Å². The minimum absolute atomic E-state index is 0.0145. The SMILES string of the molecule is COC(=O)CCCCCCCNC(=O)C1(N)CCCC1. The summed E-state index contributed by atoms with van der Waals surface area (Å²) in [6.45, 7) is 0.703. The summed E-state index contributed by atoms with van der Waals surface area (Å²) in [5.41, 5.74) is 5.46. The van der Waals surface area contributed by atoms with Gasteiger partial charge in [-0.1, -0.05) is 32.1 Å². The number of esters is 1. The van der Waals surface area contributed by atoms with Gasteiger partial charge in [-0.05, 0) is 25.7 Å². The zero-order valence-corrected chi connectivity index (χ0v) is 12.6. The Bertz CT molecular complexity index is 312. The fraction of sp³-hybridized carbons (Fsp3) is 0.867. The fourth-order valence-electron chi connectivity index (χ4n) is 2.64. The van der Waals surface area contributed by atoms with Gasteiger partial charge in [0.2, 0.25) is 5.91 Å². The Labute approximate surface area is 121 Å². The molecule has 0 atom stereocenters. The summed E-state index contributed by atoms with van der Waals surface area (Å²) in [4.78, 5) is 22.8. The molecular formula is C15H28N2O3. The second-order valence-electron chi connectivity index (χ2n) is 5.71. The average molecular weight is 284 g/mol. The molecule has 3 N–H and O–H groups in total. The second kappa shape index (κ2) is 8.95. The molecule has 0 radical (unpaired) electrons. The molecule has 5 nitrogen and oxygen atoms in total. The van der Waals surface area contributed by atoms with Crippen molar-refractivity contribution in [3.8, 4) is 0 Å². The van der Waals surface area contributed by atoms with Crippen molar-refractivity contribution in [3.05, 3.63) is 0 Å². The molecule has 0 unspecified atom stereocenters. The van der Waals surface area contributed by atoms with Gasteiger partial charge in [0, 0.05) is 13.0 Å². The van der Waals surface area contributed by atoms with Crippen LogP contribution >= 0.6 is 0 Å². The zero-order valence-electron chi connectivity index (χ0n) is 12.6. The van der Waals surface area contributed by atoms with Crippen LogP contribution in [0.3, 0.4) is 0 Å². The van der Waals surface area contributed by atoms with Crippen LogP contribution in [0.15, 0.2) is 0 Å². The number of ether oxygens (including phenoxy) is 1. The summed E-state index contributed by atoms with van der Waals surface area (Å²) in [7, 11) is 1.42. The van der Waals surface area contributed by atoms with E-state index in [0.29, 0.717) is 13.0 Å². The molecule has 0 heterocycles. The first-order valence-electron chi connectivity index (χ1n) is 7.72. The van der Waals surface area contributed by atoms with Gasteiger partial charge in [0.1, 0.15) is 0 Å². The highest BCUT2D eigenvalue weighted by atomic mass is 16.5. The minimum atomic E-state index is -0.611. The number of hydrogen-bond acceptors (Lipinski definition) is 4. The Kier molecular flexibility index (Phi) is 7.59. The lowest BCUT2D eigenvalue weighted by Gasteiger charge is -2.22. The molecule has 0 aliphatic heterocycles. The van der Waals surface area contributed by atoms with Crippen LogP contribution in [-0.2, 0) is 14.3 Å². The van der Waals surface area contributed by atoms with Crippen molar-refractivity contribution in [1.29, 1.82) is 0 Å². The van der Waals surface area contributed by atoms with Gasteiger partial charge in [-0.2, -0.15) is 0 Å². The lowest BCUT2D eigenvalue weighted by atomic mass is 9.98. The molecule has 0 saturated heterocycles. The smallest absolute Gasteiger partial charge is 0.305 e. The number of rotatable bonds is 9. The van der Waals surface area contributed by atoms with Crippen molar-refractivity contribution in [2.45, 2.75) is 69.7 Å². The molecular weight excluding hydrogens is 256 g/mol. The number of nitrogens with one attached hydrogen (secondary N) is 1. The van der Waals surface area contributed by atoms with E-state index in [2.05, 4.69) is 10.1 Å². The van der Waals surface area contributed by atoms with Crippen molar-refractivity contribution >= 4 is 11.9 Å². The van der Waals surface area contributed by atoms with Crippen molar-refractivity contribution in [2.24, 2.45) is 5.73 Å². The first-order valence-corrected chi connectivity index (χ1v) is 7.72. The lowest BCUT2D eigenvalue weighted by Crippen LogP contribution is -2.52. The predicted molar refractivity (Wildman–Crippen MR) is 78.1 cm³/mol. The van der Waals surface area contributed by atoms with E-state index in [9.17, 15) is 9.59 Å². The molecule has 1 rings (SSSR count). The normalized spacial score (nSPS) is 16.9. The maximum Gasteiger partial charge on any atom is 0.305 e. The third kappa shape index (κ3) is 5.90. The first-order chi connectivity index (χ1) is 9.58. The highest BCUT2D eigenvalue weighted by Crippen LogP contribution is 2.27. The molecule has 1 amide bonds. The van der Waals surface area contributed by atoms with Gasteiger partial charge in [-0.25, -0.2) is 0 Å². The molecule has 0 aromatic rings. The zero-order chi connectivity index (χ0) is 14.8. The lowest BCUT2D eigenvalue weighted by molar-refractivity contribution is -0.140. The van der Waals surface area contributed by atoms with E-state index < -0.39 is 5.54 Å². The molecule has 0 aromatic heterocycles. The fourth-order valence-corrected chi connectivity index (χ4v) is 2.64. The molecule has 1 aliphatic rings. The Hall–Kier alpha value is -1.10. The number of hydrogen-bond donors (Lipinski definition) is 2. The van der Waals surface area contributed by atoms with E-state index in [1.54, 1.807) is 0 Å². The number of nitrogens with two attached hydrogens (primary N) is 1. The third-order valence-corrected chi connectivity index (χ3v) is 4.02. The van der Waals surface area contributed by atoms with E-state index in [4.69, 9.17) is 5.73 Å². The summed E-state index contributed by atoms with van der Waals surface area (Å²) in [5, 5.41) is 2.95. The van der Waals surface area contributed by atoms with E-state index in [1.165, 1.54) is 7.11 Å². The van der Waals surface area contributed by atoms with Crippen molar-refractivity contribution in [3.63, 3.8) is 0 Å². The Morgan fingerprint density at radius 3 is 2.35 bits per heavy atom.